The summed E-state index contributed by atoms with van der Waals surface area (Å²) in [5.74, 6) is -0.0594. The van der Waals surface area contributed by atoms with Crippen LogP contribution >= 0.6 is 11.6 Å². The molecular formula is C14H17ClN4. The van der Waals surface area contributed by atoms with Gasteiger partial charge in [-0.3, -0.25) is 0 Å². The minimum absolute atomic E-state index is 0.0594. The molecule has 0 atom stereocenters. The molecule has 4 nitrogen and oxygen atoms in total. The lowest BCUT2D eigenvalue weighted by molar-refractivity contribution is 0.945. The third-order valence-electron chi connectivity index (χ3n) is 3.17. The van der Waals surface area contributed by atoms with Crippen molar-refractivity contribution in [1.82, 2.24) is 0 Å². The van der Waals surface area contributed by atoms with E-state index in [0.717, 1.165) is 29.0 Å². The van der Waals surface area contributed by atoms with Gasteiger partial charge in [0.05, 0.1) is 11.2 Å². The largest absolute Gasteiger partial charge is 0.369 e. The summed E-state index contributed by atoms with van der Waals surface area (Å²) in [5, 5.41) is 8.16. The van der Waals surface area contributed by atoms with E-state index in [1.165, 1.54) is 16.7 Å². The van der Waals surface area contributed by atoms with Gasteiger partial charge in [0.2, 0.25) is 5.96 Å². The fourth-order valence-corrected chi connectivity index (χ4v) is 2.67. The number of fused-ring (bicyclic) bond motifs is 1. The topological polar surface area (TPSA) is 76.8 Å². The molecule has 0 spiro atoms. The zero-order chi connectivity index (χ0) is 14.0. The van der Waals surface area contributed by atoms with Gasteiger partial charge < -0.3 is 11.5 Å². The molecule has 1 aliphatic rings. The van der Waals surface area contributed by atoms with Crippen LogP contribution in [0.1, 0.15) is 28.7 Å². The molecule has 0 heterocycles. The zero-order valence-corrected chi connectivity index (χ0v) is 11.8. The summed E-state index contributed by atoms with van der Waals surface area (Å²) in [7, 11) is 0. The number of nitrogens with zero attached hydrogens (tertiary/aromatic N) is 2. The molecule has 0 bridgehead atoms. The van der Waals surface area contributed by atoms with E-state index in [2.05, 4.69) is 36.2 Å². The molecule has 4 N–H and O–H groups in total. The van der Waals surface area contributed by atoms with Crippen LogP contribution in [0.15, 0.2) is 27.9 Å². The van der Waals surface area contributed by atoms with Gasteiger partial charge in [0.1, 0.15) is 0 Å². The number of rotatable bonds is 2. The number of guanidine groups is 1. The number of benzene rings is 1. The van der Waals surface area contributed by atoms with E-state index in [9.17, 15) is 0 Å². The highest BCUT2D eigenvalue weighted by molar-refractivity contribution is 6.51. The van der Waals surface area contributed by atoms with E-state index in [1.54, 1.807) is 6.21 Å². The second-order valence-electron chi connectivity index (χ2n) is 4.72. The smallest absolute Gasteiger partial charge is 0.211 e. The molecule has 0 aliphatic heterocycles. The lowest BCUT2D eigenvalue weighted by Crippen LogP contribution is -2.21. The lowest BCUT2D eigenvalue weighted by Gasteiger charge is -2.20. The molecule has 19 heavy (non-hydrogen) atoms. The van der Waals surface area contributed by atoms with Crippen LogP contribution in [0, 0.1) is 13.8 Å². The number of aryl methyl sites for hydroxylation is 2. The fourth-order valence-electron chi connectivity index (χ4n) is 2.35. The maximum absolute atomic E-state index is 6.45. The van der Waals surface area contributed by atoms with Crippen molar-refractivity contribution in [3.05, 3.63) is 40.0 Å². The van der Waals surface area contributed by atoms with Gasteiger partial charge in [0, 0.05) is 0 Å². The van der Waals surface area contributed by atoms with Crippen LogP contribution in [-0.2, 0) is 6.42 Å². The molecule has 0 saturated heterocycles. The summed E-state index contributed by atoms with van der Waals surface area (Å²) in [4.78, 5) is 0. The highest BCUT2D eigenvalue weighted by Gasteiger charge is 2.18. The van der Waals surface area contributed by atoms with E-state index in [0.29, 0.717) is 0 Å². The SMILES string of the molecule is Cc1cc(C)c2c(c1)C(Cl)=C(/C=N/N=C(N)N)CC2. The first-order valence-electron chi connectivity index (χ1n) is 6.10. The minimum atomic E-state index is -0.0594. The predicted octanol–water partition coefficient (Wildman–Crippen LogP) is 2.46. The van der Waals surface area contributed by atoms with Crippen molar-refractivity contribution in [3.63, 3.8) is 0 Å². The zero-order valence-electron chi connectivity index (χ0n) is 11.1. The van der Waals surface area contributed by atoms with Crippen LogP contribution in [0.2, 0.25) is 0 Å². The first-order valence-corrected chi connectivity index (χ1v) is 6.48. The molecule has 0 fully saturated rings. The quantitative estimate of drug-likeness (QED) is 0.494. The van der Waals surface area contributed by atoms with Crippen molar-refractivity contribution >= 4 is 28.8 Å². The highest BCUT2D eigenvalue weighted by Crippen LogP contribution is 2.35. The highest BCUT2D eigenvalue weighted by atomic mass is 35.5. The number of nitrogens with two attached hydrogens (primary N) is 2. The minimum Gasteiger partial charge on any atom is -0.369 e. The Balaban J connectivity index is 2.43. The molecule has 5 heteroatoms. The Hall–Kier alpha value is -1.81. The van der Waals surface area contributed by atoms with Gasteiger partial charge in [-0.1, -0.05) is 29.3 Å². The molecule has 0 saturated carbocycles. The van der Waals surface area contributed by atoms with Gasteiger partial charge in [0.15, 0.2) is 0 Å². The first-order chi connectivity index (χ1) is 8.99. The summed E-state index contributed by atoms with van der Waals surface area (Å²) in [5.41, 5.74) is 16.3. The lowest BCUT2D eigenvalue weighted by atomic mass is 9.88. The summed E-state index contributed by atoms with van der Waals surface area (Å²) in [6, 6.07) is 4.29. The van der Waals surface area contributed by atoms with Gasteiger partial charge in [0.25, 0.3) is 0 Å². The van der Waals surface area contributed by atoms with Gasteiger partial charge in [-0.05, 0) is 49.0 Å². The van der Waals surface area contributed by atoms with Gasteiger partial charge >= 0.3 is 0 Å². The summed E-state index contributed by atoms with van der Waals surface area (Å²) in [6.45, 7) is 4.19. The Morgan fingerprint density at radius 1 is 1.26 bits per heavy atom. The second-order valence-corrected chi connectivity index (χ2v) is 5.09. The van der Waals surface area contributed by atoms with Crippen molar-refractivity contribution in [2.24, 2.45) is 21.7 Å². The third kappa shape index (κ3) is 2.96. The van der Waals surface area contributed by atoms with Crippen molar-refractivity contribution in [2.75, 3.05) is 0 Å². The van der Waals surface area contributed by atoms with Crippen LogP contribution in [-0.4, -0.2) is 12.2 Å². The van der Waals surface area contributed by atoms with E-state index in [4.69, 9.17) is 23.1 Å². The van der Waals surface area contributed by atoms with E-state index < -0.39 is 0 Å². The molecule has 0 aromatic heterocycles. The Labute approximate surface area is 117 Å². The van der Waals surface area contributed by atoms with Crippen molar-refractivity contribution < 1.29 is 0 Å². The van der Waals surface area contributed by atoms with E-state index >= 15 is 0 Å². The predicted molar refractivity (Wildman–Crippen MR) is 81.3 cm³/mol. The third-order valence-corrected chi connectivity index (χ3v) is 3.61. The van der Waals surface area contributed by atoms with E-state index in [-0.39, 0.29) is 5.96 Å². The van der Waals surface area contributed by atoms with Crippen LogP contribution in [0.25, 0.3) is 5.03 Å². The van der Waals surface area contributed by atoms with Crippen molar-refractivity contribution in [3.8, 4) is 0 Å². The maximum atomic E-state index is 6.45. The van der Waals surface area contributed by atoms with Crippen LogP contribution in [0.4, 0.5) is 0 Å². The van der Waals surface area contributed by atoms with Crippen LogP contribution in [0.5, 0.6) is 0 Å². The Kier molecular flexibility index (Phi) is 3.90. The average Bonchev–Trinajstić information content (AvgIpc) is 2.32. The summed E-state index contributed by atoms with van der Waals surface area (Å²) >= 11 is 6.45. The van der Waals surface area contributed by atoms with Crippen molar-refractivity contribution in [2.45, 2.75) is 26.7 Å². The van der Waals surface area contributed by atoms with Gasteiger partial charge in [-0.2, -0.15) is 5.10 Å². The van der Waals surface area contributed by atoms with Crippen LogP contribution in [0.3, 0.4) is 0 Å². The molecule has 1 aromatic rings. The molecule has 0 radical (unpaired) electrons. The first kappa shape index (κ1) is 13.6. The second kappa shape index (κ2) is 5.45. The van der Waals surface area contributed by atoms with Crippen molar-refractivity contribution in [1.29, 1.82) is 0 Å². The molecular weight excluding hydrogens is 260 g/mol. The van der Waals surface area contributed by atoms with Gasteiger partial charge in [-0.25, -0.2) is 0 Å². The molecule has 1 aliphatic carbocycles. The Morgan fingerprint density at radius 2 is 2.00 bits per heavy atom. The normalized spacial score (nSPS) is 14.7. The fraction of sp³-hybridized carbons (Fsp3) is 0.286. The number of allylic oxidation sites excluding steroid dienone is 1. The molecule has 1 aromatic carbocycles. The number of hydrogen-bond donors (Lipinski definition) is 2. The Bertz CT molecular complexity index is 596. The van der Waals surface area contributed by atoms with Crippen LogP contribution < -0.4 is 11.5 Å². The molecule has 0 unspecified atom stereocenters. The Morgan fingerprint density at radius 3 is 2.68 bits per heavy atom. The summed E-state index contributed by atoms with van der Waals surface area (Å²) in [6.07, 6.45) is 3.43. The summed E-state index contributed by atoms with van der Waals surface area (Å²) < 4.78 is 0. The maximum Gasteiger partial charge on any atom is 0.211 e. The molecule has 0 amide bonds. The molecule has 100 valence electrons. The van der Waals surface area contributed by atoms with Gasteiger partial charge in [-0.15, -0.1) is 5.10 Å². The number of halogens is 1. The standard InChI is InChI=1S/C14H17ClN4/c1-8-5-9(2)11-4-3-10(7-18-19-14(16)17)13(15)12(11)6-8/h5-7H,3-4H2,1-2H3,(H4,16,17,19)/b18-7+. The number of hydrogen-bond acceptors (Lipinski definition) is 2. The average molecular weight is 277 g/mol. The molecule has 2 rings (SSSR count). The van der Waals surface area contributed by atoms with E-state index in [1.807, 2.05) is 0 Å². The monoisotopic (exact) mass is 276 g/mol.